The molecule has 0 aliphatic heterocycles. The van der Waals surface area contributed by atoms with Crippen LogP contribution in [-0.4, -0.2) is 80.5 Å². The van der Waals surface area contributed by atoms with Gasteiger partial charge in [0.15, 0.2) is 0 Å². The minimum atomic E-state index is -1.67. The summed E-state index contributed by atoms with van der Waals surface area (Å²) in [6, 6.07) is 0. The number of unbranched alkanes of at least 4 members (excludes halogenated alkanes) is 10. The number of nitrogens with zero attached hydrogens (tertiary/aromatic N) is 1. The Labute approximate surface area is 183 Å². The van der Waals surface area contributed by atoms with Gasteiger partial charge in [-0.25, -0.2) is 0 Å². The number of rotatable bonds is 20. The van der Waals surface area contributed by atoms with Gasteiger partial charge in [0.2, 0.25) is 5.91 Å². The van der Waals surface area contributed by atoms with E-state index in [1.165, 1.54) is 44.9 Å². The molecule has 0 bridgehead atoms. The number of hydrogen-bond donors (Lipinski definition) is 5. The van der Waals surface area contributed by atoms with Gasteiger partial charge in [-0.15, -0.1) is 0 Å². The fourth-order valence-corrected chi connectivity index (χ4v) is 3.49. The zero-order valence-corrected chi connectivity index (χ0v) is 19.2. The Kier molecular flexibility index (Phi) is 18.5. The molecular formula is C23H47NO6. The van der Waals surface area contributed by atoms with E-state index in [-0.39, 0.29) is 12.5 Å². The Morgan fingerprint density at radius 2 is 1.17 bits per heavy atom. The second kappa shape index (κ2) is 19.0. The Bertz CT molecular complexity index is 409. The van der Waals surface area contributed by atoms with E-state index in [0.29, 0.717) is 13.0 Å². The van der Waals surface area contributed by atoms with E-state index in [2.05, 4.69) is 6.92 Å². The minimum Gasteiger partial charge on any atom is -0.394 e. The molecule has 0 saturated heterocycles. The summed E-state index contributed by atoms with van der Waals surface area (Å²) in [4.78, 5) is 14.0. The molecule has 0 aliphatic rings. The van der Waals surface area contributed by atoms with Gasteiger partial charge in [0.1, 0.15) is 24.4 Å². The highest BCUT2D eigenvalue weighted by molar-refractivity contribution is 5.76. The van der Waals surface area contributed by atoms with Gasteiger partial charge in [-0.1, -0.05) is 78.1 Å². The Morgan fingerprint density at radius 1 is 0.700 bits per heavy atom. The zero-order valence-electron chi connectivity index (χ0n) is 19.2. The summed E-state index contributed by atoms with van der Waals surface area (Å²) in [5, 5.41) is 48.4. The molecule has 4 atom stereocenters. The first-order valence-electron chi connectivity index (χ1n) is 12.0. The topological polar surface area (TPSA) is 121 Å². The van der Waals surface area contributed by atoms with Crippen LogP contribution < -0.4 is 0 Å². The molecular weight excluding hydrogens is 386 g/mol. The normalized spacial score (nSPS) is 15.6. The predicted molar refractivity (Wildman–Crippen MR) is 119 cm³/mol. The monoisotopic (exact) mass is 433 g/mol. The van der Waals surface area contributed by atoms with E-state index < -0.39 is 31.0 Å². The third-order valence-corrected chi connectivity index (χ3v) is 5.61. The van der Waals surface area contributed by atoms with Gasteiger partial charge < -0.3 is 30.4 Å². The average Bonchev–Trinajstić information content (AvgIpc) is 2.75. The SMILES string of the molecule is CCCCCCCCCCCCN(C[C@H](O)[C@@H](O)[C@H](O)[C@H](O)CO)C(=O)CCCC. The van der Waals surface area contributed by atoms with Gasteiger partial charge in [0.05, 0.1) is 6.61 Å². The molecule has 0 aromatic heterocycles. The summed E-state index contributed by atoms with van der Waals surface area (Å²) in [5.41, 5.74) is 0. The molecule has 0 spiro atoms. The van der Waals surface area contributed by atoms with Crippen LogP contribution in [-0.2, 0) is 4.79 Å². The van der Waals surface area contributed by atoms with E-state index in [1.54, 1.807) is 4.90 Å². The van der Waals surface area contributed by atoms with Gasteiger partial charge in [-0.05, 0) is 12.8 Å². The number of carbonyl (C=O) groups is 1. The van der Waals surface area contributed by atoms with Crippen molar-refractivity contribution in [1.29, 1.82) is 0 Å². The van der Waals surface area contributed by atoms with Crippen LogP contribution in [0.1, 0.15) is 97.3 Å². The largest absolute Gasteiger partial charge is 0.394 e. The highest BCUT2D eigenvalue weighted by atomic mass is 16.4. The van der Waals surface area contributed by atoms with Crippen LogP contribution in [0.5, 0.6) is 0 Å². The predicted octanol–water partition coefficient (Wildman–Crippen LogP) is 2.36. The van der Waals surface area contributed by atoms with Gasteiger partial charge in [-0.3, -0.25) is 4.79 Å². The van der Waals surface area contributed by atoms with E-state index >= 15 is 0 Å². The molecule has 0 rings (SSSR count). The maximum absolute atomic E-state index is 12.5. The molecule has 5 N–H and O–H groups in total. The van der Waals surface area contributed by atoms with Crippen LogP contribution in [0.2, 0.25) is 0 Å². The van der Waals surface area contributed by atoms with Crippen LogP contribution in [0.15, 0.2) is 0 Å². The van der Waals surface area contributed by atoms with E-state index in [4.69, 9.17) is 5.11 Å². The molecule has 7 nitrogen and oxygen atoms in total. The van der Waals surface area contributed by atoms with Crippen LogP contribution in [0, 0.1) is 0 Å². The highest BCUT2D eigenvalue weighted by Crippen LogP contribution is 2.13. The zero-order chi connectivity index (χ0) is 22.8. The lowest BCUT2D eigenvalue weighted by atomic mass is 10.0. The van der Waals surface area contributed by atoms with Crippen molar-refractivity contribution in [3.8, 4) is 0 Å². The minimum absolute atomic E-state index is 0.0729. The first-order valence-corrected chi connectivity index (χ1v) is 12.0. The fraction of sp³-hybridized carbons (Fsp3) is 0.957. The number of amides is 1. The lowest BCUT2D eigenvalue weighted by Crippen LogP contribution is -2.50. The lowest BCUT2D eigenvalue weighted by molar-refractivity contribution is -0.140. The lowest BCUT2D eigenvalue weighted by Gasteiger charge is -2.30. The van der Waals surface area contributed by atoms with Gasteiger partial charge >= 0.3 is 0 Å². The number of aliphatic hydroxyl groups excluding tert-OH is 5. The average molecular weight is 434 g/mol. The summed E-state index contributed by atoms with van der Waals surface area (Å²) in [6.07, 6.45) is 7.71. The summed E-state index contributed by atoms with van der Waals surface area (Å²) < 4.78 is 0. The van der Waals surface area contributed by atoms with Crippen molar-refractivity contribution in [2.24, 2.45) is 0 Å². The van der Waals surface area contributed by atoms with Gasteiger partial charge in [-0.2, -0.15) is 0 Å². The van der Waals surface area contributed by atoms with Crippen molar-refractivity contribution >= 4 is 5.91 Å². The molecule has 0 unspecified atom stereocenters. The van der Waals surface area contributed by atoms with Crippen LogP contribution in [0.25, 0.3) is 0 Å². The second-order valence-electron chi connectivity index (χ2n) is 8.42. The van der Waals surface area contributed by atoms with E-state index in [1.807, 2.05) is 6.92 Å². The molecule has 0 radical (unpaired) electrons. The maximum atomic E-state index is 12.5. The molecule has 7 heteroatoms. The van der Waals surface area contributed by atoms with Crippen molar-refractivity contribution in [3.63, 3.8) is 0 Å². The molecule has 180 valence electrons. The molecule has 0 heterocycles. The van der Waals surface area contributed by atoms with E-state index in [9.17, 15) is 25.2 Å². The van der Waals surface area contributed by atoms with Crippen molar-refractivity contribution in [1.82, 2.24) is 4.90 Å². The standard InChI is InChI=1S/C23H47NO6/c1-3-5-7-8-9-10-11-12-13-14-16-24(21(28)15-6-4-2)17-19(26)22(29)23(30)20(27)18-25/h19-20,22-23,25-27,29-30H,3-18H2,1-2H3/t19-,20+,22+,23+/m0/s1. The van der Waals surface area contributed by atoms with Crippen molar-refractivity contribution < 1.29 is 30.3 Å². The quantitative estimate of drug-likeness (QED) is 0.188. The summed E-state index contributed by atoms with van der Waals surface area (Å²) in [7, 11) is 0. The number of carbonyl (C=O) groups excluding carboxylic acids is 1. The van der Waals surface area contributed by atoms with Crippen LogP contribution in [0.3, 0.4) is 0 Å². The van der Waals surface area contributed by atoms with Crippen molar-refractivity contribution in [3.05, 3.63) is 0 Å². The maximum Gasteiger partial charge on any atom is 0.222 e. The second-order valence-corrected chi connectivity index (χ2v) is 8.42. The number of hydrogen-bond acceptors (Lipinski definition) is 6. The number of aliphatic hydroxyl groups is 5. The summed E-state index contributed by atoms with van der Waals surface area (Å²) >= 11 is 0. The molecule has 0 aromatic carbocycles. The highest BCUT2D eigenvalue weighted by Gasteiger charge is 2.31. The van der Waals surface area contributed by atoms with Crippen molar-refractivity contribution in [2.75, 3.05) is 19.7 Å². The summed E-state index contributed by atoms with van der Waals surface area (Å²) in [5.74, 6) is -0.0729. The fourth-order valence-electron chi connectivity index (χ4n) is 3.49. The molecule has 0 aromatic rings. The Morgan fingerprint density at radius 3 is 1.67 bits per heavy atom. The molecule has 1 amide bonds. The Hall–Kier alpha value is -0.730. The molecule has 0 fully saturated rings. The molecule has 0 saturated carbocycles. The Balaban J connectivity index is 4.36. The van der Waals surface area contributed by atoms with Gasteiger partial charge in [0, 0.05) is 19.5 Å². The third-order valence-electron chi connectivity index (χ3n) is 5.61. The van der Waals surface area contributed by atoms with Gasteiger partial charge in [0.25, 0.3) is 0 Å². The third kappa shape index (κ3) is 13.5. The molecule has 30 heavy (non-hydrogen) atoms. The first kappa shape index (κ1) is 29.3. The van der Waals surface area contributed by atoms with E-state index in [0.717, 1.165) is 32.1 Å². The van der Waals surface area contributed by atoms with Crippen LogP contribution in [0.4, 0.5) is 0 Å². The smallest absolute Gasteiger partial charge is 0.222 e. The van der Waals surface area contributed by atoms with Crippen molar-refractivity contribution in [2.45, 2.75) is 122 Å². The van der Waals surface area contributed by atoms with Crippen LogP contribution >= 0.6 is 0 Å². The summed E-state index contributed by atoms with van der Waals surface area (Å²) in [6.45, 7) is 3.90. The molecule has 0 aliphatic carbocycles. The first-order chi connectivity index (χ1) is 14.4.